The van der Waals surface area contributed by atoms with Crippen molar-refractivity contribution in [3.05, 3.63) is 29.3 Å². The van der Waals surface area contributed by atoms with Crippen LogP contribution in [0.4, 0.5) is 5.69 Å². The van der Waals surface area contributed by atoms with E-state index in [-0.39, 0.29) is 42.0 Å². The van der Waals surface area contributed by atoms with Gasteiger partial charge in [-0.1, -0.05) is 58.9 Å². The summed E-state index contributed by atoms with van der Waals surface area (Å²) in [5.74, 6) is -2.57. The monoisotopic (exact) mass is 605 g/mol. The molecule has 0 saturated heterocycles. The first kappa shape index (κ1) is 37.9. The summed E-state index contributed by atoms with van der Waals surface area (Å²) in [6.45, 7) is 9.73. The van der Waals surface area contributed by atoms with Gasteiger partial charge in [0.1, 0.15) is 12.3 Å². The maximum absolute atomic E-state index is 13.1. The highest BCUT2D eigenvalue weighted by Crippen LogP contribution is 2.31. The van der Waals surface area contributed by atoms with Crippen LogP contribution >= 0.6 is 0 Å². The third kappa shape index (κ3) is 13.8. The molecule has 43 heavy (non-hydrogen) atoms. The third-order valence-electron chi connectivity index (χ3n) is 6.75. The van der Waals surface area contributed by atoms with Crippen LogP contribution in [-0.2, 0) is 28.6 Å². The molecule has 1 atom stereocenters. The summed E-state index contributed by atoms with van der Waals surface area (Å²) in [6, 6.07) is 3.30. The normalized spacial score (nSPS) is 12.9. The highest BCUT2D eigenvalue weighted by Gasteiger charge is 2.43. The van der Waals surface area contributed by atoms with E-state index in [2.05, 4.69) is 12.2 Å². The average Bonchev–Trinajstić information content (AvgIpc) is 3.25. The zero-order valence-corrected chi connectivity index (χ0v) is 26.2. The van der Waals surface area contributed by atoms with Crippen molar-refractivity contribution in [2.24, 2.45) is 5.73 Å². The Morgan fingerprint density at radius 1 is 0.860 bits per heavy atom. The average molecular weight is 606 g/mol. The van der Waals surface area contributed by atoms with E-state index in [1.54, 1.807) is 6.07 Å². The molecule has 4 amide bonds. The van der Waals surface area contributed by atoms with E-state index in [0.717, 1.165) is 30.8 Å². The lowest BCUT2D eigenvalue weighted by molar-refractivity contribution is -0.122. The van der Waals surface area contributed by atoms with E-state index in [1.165, 1.54) is 37.8 Å². The van der Waals surface area contributed by atoms with E-state index >= 15 is 0 Å². The molecule has 1 aliphatic rings. The number of hydrogen-bond donors (Lipinski definition) is 2. The van der Waals surface area contributed by atoms with Gasteiger partial charge < -0.3 is 30.1 Å². The second kappa shape index (κ2) is 23.3. The second-order valence-corrected chi connectivity index (χ2v) is 9.98. The molecule has 1 aliphatic heterocycles. The summed E-state index contributed by atoms with van der Waals surface area (Å²) in [6.07, 6.45) is 9.07. The molecular formula is C32H51N3O8. The van der Waals surface area contributed by atoms with Gasteiger partial charge in [-0.2, -0.15) is 0 Å². The van der Waals surface area contributed by atoms with Crippen LogP contribution in [0, 0.1) is 0 Å². The number of carbonyl (C=O) groups excluding carboxylic acids is 5. The van der Waals surface area contributed by atoms with E-state index in [4.69, 9.17) is 19.9 Å². The lowest BCUT2D eigenvalue weighted by atomic mass is 10.1. The van der Waals surface area contributed by atoms with Gasteiger partial charge in [0, 0.05) is 26.1 Å². The Morgan fingerprint density at radius 3 is 2.02 bits per heavy atom. The second-order valence-electron chi connectivity index (χ2n) is 9.98. The quantitative estimate of drug-likeness (QED) is 0.0980. The Labute approximate surface area is 256 Å². The maximum atomic E-state index is 13.1. The Balaban J connectivity index is 0.00000452. The smallest absolute Gasteiger partial charge is 0.264 e. The minimum Gasteiger partial charge on any atom is -0.379 e. The number of imide groups is 1. The molecule has 0 aromatic heterocycles. The fraction of sp³-hybridized carbons (Fsp3) is 0.656. The molecule has 11 nitrogen and oxygen atoms in total. The number of anilines is 1. The minimum atomic E-state index is -1.24. The molecule has 0 aliphatic carbocycles. The summed E-state index contributed by atoms with van der Waals surface area (Å²) in [5, 5.41) is 2.71. The summed E-state index contributed by atoms with van der Waals surface area (Å²) in [5.41, 5.74) is 5.70. The van der Waals surface area contributed by atoms with Gasteiger partial charge in [-0.05, 0) is 37.8 Å². The topological polar surface area (TPSA) is 154 Å². The van der Waals surface area contributed by atoms with Crippen molar-refractivity contribution in [2.75, 3.05) is 45.0 Å². The van der Waals surface area contributed by atoms with Gasteiger partial charge in [0.15, 0.2) is 0 Å². The van der Waals surface area contributed by atoms with Gasteiger partial charge in [0.05, 0.1) is 43.2 Å². The van der Waals surface area contributed by atoms with Gasteiger partial charge in [0.25, 0.3) is 11.8 Å². The minimum absolute atomic E-state index is 0.0211. The molecule has 0 radical (unpaired) electrons. The Kier molecular flexibility index (Phi) is 20.5. The third-order valence-corrected chi connectivity index (χ3v) is 6.75. The van der Waals surface area contributed by atoms with Crippen LogP contribution < -0.4 is 11.1 Å². The fourth-order valence-corrected chi connectivity index (χ4v) is 4.54. The zero-order valence-electron chi connectivity index (χ0n) is 26.2. The number of benzene rings is 1. The molecule has 2 rings (SSSR count). The first-order valence-electron chi connectivity index (χ1n) is 15.7. The number of carbonyl (C=O) groups is 5. The fourth-order valence-electron chi connectivity index (χ4n) is 4.54. The number of nitrogens with one attached hydrogen (secondary N) is 1. The van der Waals surface area contributed by atoms with Crippen LogP contribution in [0.1, 0.15) is 112 Å². The van der Waals surface area contributed by atoms with Gasteiger partial charge in [-0.15, -0.1) is 0 Å². The number of aldehydes is 1. The van der Waals surface area contributed by atoms with Crippen molar-refractivity contribution in [1.82, 2.24) is 4.90 Å². The predicted molar refractivity (Wildman–Crippen MR) is 165 cm³/mol. The zero-order chi connectivity index (χ0) is 31.9. The number of unbranched alkanes of at least 4 members (excludes halogenated alkanes) is 6. The van der Waals surface area contributed by atoms with Crippen molar-refractivity contribution >= 4 is 35.6 Å². The van der Waals surface area contributed by atoms with Crippen LogP contribution in [0.25, 0.3) is 0 Å². The first-order chi connectivity index (χ1) is 20.9. The number of rotatable bonds is 24. The van der Waals surface area contributed by atoms with Gasteiger partial charge in [0.2, 0.25) is 11.8 Å². The van der Waals surface area contributed by atoms with Crippen molar-refractivity contribution in [2.45, 2.75) is 97.4 Å². The lowest BCUT2D eigenvalue weighted by Crippen LogP contribution is -2.47. The van der Waals surface area contributed by atoms with Gasteiger partial charge >= 0.3 is 0 Å². The van der Waals surface area contributed by atoms with Crippen LogP contribution in [-0.4, -0.2) is 80.5 Å². The summed E-state index contributed by atoms with van der Waals surface area (Å²) < 4.78 is 16.6. The van der Waals surface area contributed by atoms with Gasteiger partial charge in [-0.25, -0.2) is 0 Å². The molecule has 0 spiro atoms. The van der Waals surface area contributed by atoms with E-state index in [1.807, 2.05) is 13.8 Å². The highest BCUT2D eigenvalue weighted by atomic mass is 16.5. The van der Waals surface area contributed by atoms with E-state index in [0.29, 0.717) is 45.7 Å². The lowest BCUT2D eigenvalue weighted by Gasteiger charge is -2.22. The molecule has 242 valence electrons. The molecule has 1 aromatic rings. The highest BCUT2D eigenvalue weighted by molar-refractivity contribution is 6.25. The molecule has 0 fully saturated rings. The molecule has 0 saturated carbocycles. The van der Waals surface area contributed by atoms with Crippen molar-refractivity contribution < 1.29 is 38.2 Å². The first-order valence-corrected chi connectivity index (χ1v) is 15.7. The van der Waals surface area contributed by atoms with Crippen LogP contribution in [0.5, 0.6) is 0 Å². The summed E-state index contributed by atoms with van der Waals surface area (Å²) in [7, 11) is 0. The SMILES string of the molecule is CC.CCCCCCCOCCOCCOCCCCCC(=O)Nc1cccc2c1C(=O)N(C(CCC=O)C(N)=O)C2=O. The Morgan fingerprint density at radius 2 is 1.44 bits per heavy atom. The molecular weight excluding hydrogens is 554 g/mol. The Bertz CT molecular complexity index is 1000. The number of fused-ring (bicyclic) bond motifs is 1. The molecule has 3 N–H and O–H groups in total. The van der Waals surface area contributed by atoms with Crippen LogP contribution in [0.2, 0.25) is 0 Å². The Hall–Kier alpha value is -3.15. The number of nitrogens with zero attached hydrogens (tertiary/aromatic N) is 1. The number of ether oxygens (including phenoxy) is 3. The molecule has 1 aromatic carbocycles. The largest absolute Gasteiger partial charge is 0.379 e. The van der Waals surface area contributed by atoms with E-state index in [9.17, 15) is 24.0 Å². The van der Waals surface area contributed by atoms with Gasteiger partial charge in [-0.3, -0.25) is 24.1 Å². The number of primary amides is 1. The standard InChI is InChI=1S/C30H45N3O8.C2H6/c1-2-3-4-5-8-17-39-19-21-41-22-20-40-18-9-6-7-15-26(35)32-24-13-10-12-23-27(24)30(38)33(29(23)37)25(28(31)36)14-11-16-34;1-2/h10,12-13,16,25H,2-9,11,14-15,17-22H2,1H3,(H2,31,36)(H,32,35);1-2H3. The number of hydrogen-bond acceptors (Lipinski definition) is 8. The van der Waals surface area contributed by atoms with Crippen molar-refractivity contribution in [3.63, 3.8) is 0 Å². The maximum Gasteiger partial charge on any atom is 0.264 e. The van der Waals surface area contributed by atoms with E-state index < -0.39 is 23.8 Å². The molecule has 1 unspecified atom stereocenters. The van der Waals surface area contributed by atoms with Crippen LogP contribution in [0.3, 0.4) is 0 Å². The van der Waals surface area contributed by atoms with Crippen molar-refractivity contribution in [3.8, 4) is 0 Å². The van der Waals surface area contributed by atoms with Crippen molar-refractivity contribution in [1.29, 1.82) is 0 Å². The summed E-state index contributed by atoms with van der Waals surface area (Å²) in [4.78, 5) is 61.9. The molecule has 11 heteroatoms. The number of amides is 4. The molecule has 1 heterocycles. The molecule has 0 bridgehead atoms. The van der Waals surface area contributed by atoms with Crippen LogP contribution in [0.15, 0.2) is 18.2 Å². The number of nitrogens with two attached hydrogens (primary N) is 1. The summed E-state index contributed by atoms with van der Waals surface area (Å²) >= 11 is 0. The predicted octanol–water partition coefficient (Wildman–Crippen LogP) is 4.66.